The lowest BCUT2D eigenvalue weighted by molar-refractivity contribution is 0.628. The average molecular weight is 245 g/mol. The highest BCUT2D eigenvalue weighted by Crippen LogP contribution is 2.24. The number of rotatable bonds is 4. The van der Waals surface area contributed by atoms with E-state index in [1.165, 1.54) is 12.1 Å². The number of aromatic nitrogens is 1. The van der Waals surface area contributed by atoms with E-state index in [4.69, 9.17) is 0 Å². The Morgan fingerprint density at radius 2 is 1.94 bits per heavy atom. The van der Waals surface area contributed by atoms with E-state index < -0.39 is 0 Å². The van der Waals surface area contributed by atoms with Crippen molar-refractivity contribution in [1.29, 1.82) is 0 Å². The highest BCUT2D eigenvalue weighted by molar-refractivity contribution is 5.61. The summed E-state index contributed by atoms with van der Waals surface area (Å²) in [7, 11) is 3.82. The molecule has 0 saturated carbocycles. The van der Waals surface area contributed by atoms with Crippen molar-refractivity contribution in [3.8, 4) is 0 Å². The van der Waals surface area contributed by atoms with Crippen LogP contribution in [0.4, 0.5) is 15.9 Å². The third kappa shape index (κ3) is 2.65. The van der Waals surface area contributed by atoms with Gasteiger partial charge in [-0.1, -0.05) is 6.07 Å². The highest BCUT2D eigenvalue weighted by Gasteiger charge is 2.09. The summed E-state index contributed by atoms with van der Waals surface area (Å²) in [6.45, 7) is 0.745. The maximum absolute atomic E-state index is 12.9. The lowest BCUT2D eigenvalue weighted by Crippen LogP contribution is -2.16. The predicted octanol–water partition coefficient (Wildman–Crippen LogP) is 2.71. The minimum absolute atomic E-state index is 0.233. The summed E-state index contributed by atoms with van der Waals surface area (Å²) in [6, 6.07) is 10.3. The van der Waals surface area contributed by atoms with Gasteiger partial charge in [0, 0.05) is 31.0 Å². The molecular weight excluding hydrogens is 229 g/mol. The molecule has 0 radical (unpaired) electrons. The van der Waals surface area contributed by atoms with Gasteiger partial charge in [0.15, 0.2) is 0 Å². The van der Waals surface area contributed by atoms with Crippen LogP contribution in [0.5, 0.6) is 0 Å². The van der Waals surface area contributed by atoms with E-state index in [2.05, 4.69) is 10.3 Å². The summed E-state index contributed by atoms with van der Waals surface area (Å²) >= 11 is 0. The first-order valence-corrected chi connectivity index (χ1v) is 5.80. The van der Waals surface area contributed by atoms with E-state index in [1.807, 2.05) is 31.1 Å². The largest absolute Gasteiger partial charge is 0.329 e. The Morgan fingerprint density at radius 1 is 1.22 bits per heavy atom. The second kappa shape index (κ2) is 5.60. The van der Waals surface area contributed by atoms with E-state index in [0.29, 0.717) is 0 Å². The molecule has 1 N–H and O–H groups in total. The molecule has 0 aliphatic heterocycles. The summed E-state index contributed by atoms with van der Waals surface area (Å²) in [5.41, 5.74) is 2.01. The van der Waals surface area contributed by atoms with Crippen LogP contribution in [0.2, 0.25) is 0 Å². The van der Waals surface area contributed by atoms with Crippen LogP contribution in [-0.2, 0) is 6.54 Å². The predicted molar refractivity (Wildman–Crippen MR) is 71.5 cm³/mol. The van der Waals surface area contributed by atoms with Gasteiger partial charge in [-0.25, -0.2) is 9.37 Å². The Morgan fingerprint density at radius 3 is 2.61 bits per heavy atom. The third-order valence-electron chi connectivity index (χ3n) is 2.77. The topological polar surface area (TPSA) is 28.2 Å². The van der Waals surface area contributed by atoms with Gasteiger partial charge in [-0.05, 0) is 37.4 Å². The first kappa shape index (κ1) is 12.5. The second-order valence-electron chi connectivity index (χ2n) is 4.05. The number of benzene rings is 1. The van der Waals surface area contributed by atoms with Crippen molar-refractivity contribution in [3.05, 3.63) is 54.0 Å². The SMILES string of the molecule is CNCc1cccnc1N(C)c1ccc(F)cc1. The molecule has 4 heteroatoms. The number of anilines is 2. The first-order chi connectivity index (χ1) is 8.72. The minimum Gasteiger partial charge on any atom is -0.329 e. The molecule has 2 rings (SSSR count). The van der Waals surface area contributed by atoms with E-state index in [0.717, 1.165) is 23.6 Å². The number of pyridine rings is 1. The van der Waals surface area contributed by atoms with Crippen molar-refractivity contribution in [2.75, 3.05) is 19.0 Å². The zero-order chi connectivity index (χ0) is 13.0. The van der Waals surface area contributed by atoms with Crippen molar-refractivity contribution in [2.45, 2.75) is 6.54 Å². The number of hydrogen-bond acceptors (Lipinski definition) is 3. The molecule has 0 bridgehead atoms. The molecule has 0 amide bonds. The highest BCUT2D eigenvalue weighted by atomic mass is 19.1. The maximum atomic E-state index is 12.9. The van der Waals surface area contributed by atoms with E-state index in [-0.39, 0.29) is 5.82 Å². The van der Waals surface area contributed by atoms with Crippen molar-refractivity contribution >= 4 is 11.5 Å². The first-order valence-electron chi connectivity index (χ1n) is 5.80. The fourth-order valence-electron chi connectivity index (χ4n) is 1.85. The molecule has 0 aliphatic rings. The monoisotopic (exact) mass is 245 g/mol. The van der Waals surface area contributed by atoms with Crippen molar-refractivity contribution < 1.29 is 4.39 Å². The Balaban J connectivity index is 2.33. The maximum Gasteiger partial charge on any atom is 0.137 e. The smallest absolute Gasteiger partial charge is 0.137 e. The van der Waals surface area contributed by atoms with Gasteiger partial charge in [0.1, 0.15) is 11.6 Å². The molecule has 1 aromatic carbocycles. The van der Waals surface area contributed by atoms with E-state index in [1.54, 1.807) is 18.3 Å². The van der Waals surface area contributed by atoms with E-state index >= 15 is 0 Å². The lowest BCUT2D eigenvalue weighted by atomic mass is 10.2. The molecule has 0 spiro atoms. The van der Waals surface area contributed by atoms with E-state index in [9.17, 15) is 4.39 Å². The molecule has 0 aliphatic carbocycles. The summed E-state index contributed by atoms with van der Waals surface area (Å²) < 4.78 is 12.9. The molecule has 0 fully saturated rings. The molecule has 1 heterocycles. The molecule has 0 atom stereocenters. The zero-order valence-corrected chi connectivity index (χ0v) is 10.5. The summed E-state index contributed by atoms with van der Waals surface area (Å²) in [6.07, 6.45) is 1.76. The van der Waals surface area contributed by atoms with Crippen LogP contribution in [0.15, 0.2) is 42.6 Å². The summed E-state index contributed by atoms with van der Waals surface area (Å²) in [4.78, 5) is 6.34. The number of nitrogens with zero attached hydrogens (tertiary/aromatic N) is 2. The van der Waals surface area contributed by atoms with Gasteiger partial charge < -0.3 is 10.2 Å². The Hall–Kier alpha value is -1.94. The second-order valence-corrected chi connectivity index (χ2v) is 4.05. The third-order valence-corrected chi connectivity index (χ3v) is 2.77. The van der Waals surface area contributed by atoms with Gasteiger partial charge in [-0.2, -0.15) is 0 Å². The van der Waals surface area contributed by atoms with Crippen molar-refractivity contribution in [2.24, 2.45) is 0 Å². The molecule has 0 saturated heterocycles. The van der Waals surface area contributed by atoms with Gasteiger partial charge >= 0.3 is 0 Å². The van der Waals surface area contributed by atoms with Crippen LogP contribution < -0.4 is 10.2 Å². The Bertz CT molecular complexity index is 511. The quantitative estimate of drug-likeness (QED) is 0.897. The molecule has 1 aromatic heterocycles. The van der Waals surface area contributed by atoms with Crippen molar-refractivity contribution in [1.82, 2.24) is 10.3 Å². The van der Waals surface area contributed by atoms with Crippen LogP contribution >= 0.6 is 0 Å². The molecule has 94 valence electrons. The summed E-state index contributed by atoms with van der Waals surface area (Å²) in [5, 5.41) is 3.11. The van der Waals surface area contributed by atoms with Gasteiger partial charge in [-0.3, -0.25) is 0 Å². The molecular formula is C14H16FN3. The molecule has 2 aromatic rings. The molecule has 18 heavy (non-hydrogen) atoms. The lowest BCUT2D eigenvalue weighted by Gasteiger charge is -2.21. The fourth-order valence-corrected chi connectivity index (χ4v) is 1.85. The van der Waals surface area contributed by atoms with Crippen LogP contribution in [0.3, 0.4) is 0 Å². The van der Waals surface area contributed by atoms with Gasteiger partial charge in [-0.15, -0.1) is 0 Å². The molecule has 0 unspecified atom stereocenters. The standard InChI is InChI=1S/C14H16FN3/c1-16-10-11-4-3-9-17-14(11)18(2)13-7-5-12(15)6-8-13/h3-9,16H,10H2,1-2H3. The van der Waals surface area contributed by atoms with Crippen LogP contribution in [0, 0.1) is 5.82 Å². The average Bonchev–Trinajstić information content (AvgIpc) is 2.40. The van der Waals surface area contributed by atoms with Gasteiger partial charge in [0.05, 0.1) is 0 Å². The number of hydrogen-bond donors (Lipinski definition) is 1. The van der Waals surface area contributed by atoms with Crippen LogP contribution in [0.25, 0.3) is 0 Å². The number of halogens is 1. The van der Waals surface area contributed by atoms with Gasteiger partial charge in [0.25, 0.3) is 0 Å². The van der Waals surface area contributed by atoms with Crippen LogP contribution in [-0.4, -0.2) is 19.1 Å². The van der Waals surface area contributed by atoms with Crippen LogP contribution in [0.1, 0.15) is 5.56 Å². The fraction of sp³-hybridized carbons (Fsp3) is 0.214. The Kier molecular flexibility index (Phi) is 3.89. The van der Waals surface area contributed by atoms with Crippen molar-refractivity contribution in [3.63, 3.8) is 0 Å². The normalized spacial score (nSPS) is 10.4. The minimum atomic E-state index is -0.233. The summed E-state index contributed by atoms with van der Waals surface area (Å²) in [5.74, 6) is 0.641. The zero-order valence-electron chi connectivity index (χ0n) is 10.5. The molecule has 3 nitrogen and oxygen atoms in total. The van der Waals surface area contributed by atoms with Gasteiger partial charge in [0.2, 0.25) is 0 Å². The Labute approximate surface area is 106 Å². The number of nitrogens with one attached hydrogen (secondary N) is 1.